The molecule has 1 aromatic rings. The molecule has 4 nitrogen and oxygen atoms in total. The Morgan fingerprint density at radius 2 is 2.23 bits per heavy atom. The van der Waals surface area contributed by atoms with Gasteiger partial charge in [0, 0.05) is 10.5 Å². The summed E-state index contributed by atoms with van der Waals surface area (Å²) >= 11 is 1.91. The van der Waals surface area contributed by atoms with Crippen LogP contribution in [0.5, 0.6) is 0 Å². The maximum absolute atomic E-state index is 5.43. The van der Waals surface area contributed by atoms with Crippen LogP contribution in [-0.2, 0) is 6.54 Å². The molecule has 0 amide bonds. The monoisotopic (exact) mass is 200 g/mol. The molecule has 13 heavy (non-hydrogen) atoms. The van der Waals surface area contributed by atoms with Gasteiger partial charge in [-0.1, -0.05) is 26.0 Å². The number of aromatic nitrogens is 3. The molecule has 0 aliphatic rings. The summed E-state index contributed by atoms with van der Waals surface area (Å²) in [6.07, 6.45) is 1.75. The van der Waals surface area contributed by atoms with E-state index < -0.39 is 0 Å². The first-order valence-electron chi connectivity index (χ1n) is 4.27. The SMILES string of the molecule is CC(C)(C)SCCn1cc(N)nn1. The molecule has 0 aliphatic carbocycles. The van der Waals surface area contributed by atoms with Crippen LogP contribution in [0.25, 0.3) is 0 Å². The highest BCUT2D eigenvalue weighted by Gasteiger charge is 2.09. The molecule has 2 N–H and O–H groups in total. The van der Waals surface area contributed by atoms with Crippen LogP contribution in [0.1, 0.15) is 20.8 Å². The van der Waals surface area contributed by atoms with Gasteiger partial charge in [-0.25, -0.2) is 4.68 Å². The van der Waals surface area contributed by atoms with E-state index in [0.717, 1.165) is 12.3 Å². The topological polar surface area (TPSA) is 56.7 Å². The zero-order valence-electron chi connectivity index (χ0n) is 8.32. The third-order valence-electron chi connectivity index (χ3n) is 1.41. The van der Waals surface area contributed by atoms with E-state index in [1.807, 2.05) is 11.8 Å². The number of nitrogens with two attached hydrogens (primary N) is 1. The predicted octanol–water partition coefficient (Wildman–Crippen LogP) is 1.39. The van der Waals surface area contributed by atoms with Crippen LogP contribution >= 0.6 is 11.8 Å². The molecule has 5 heteroatoms. The standard InChI is InChI=1S/C8H16N4S/c1-8(2,3)13-5-4-12-6-7(9)10-11-12/h6H,4-5,9H2,1-3H3. The van der Waals surface area contributed by atoms with Crippen molar-refractivity contribution in [3.63, 3.8) is 0 Å². The maximum Gasteiger partial charge on any atom is 0.165 e. The zero-order chi connectivity index (χ0) is 9.90. The number of anilines is 1. The van der Waals surface area contributed by atoms with E-state index in [9.17, 15) is 0 Å². The molecule has 0 fully saturated rings. The molecule has 0 saturated carbocycles. The summed E-state index contributed by atoms with van der Waals surface area (Å²) in [4.78, 5) is 0. The van der Waals surface area contributed by atoms with Crippen molar-refractivity contribution in [3.05, 3.63) is 6.20 Å². The minimum atomic E-state index is 0.312. The number of hydrogen-bond donors (Lipinski definition) is 1. The molecule has 0 bridgehead atoms. The third-order valence-corrected chi connectivity index (χ3v) is 2.66. The van der Waals surface area contributed by atoms with Gasteiger partial charge in [0.2, 0.25) is 0 Å². The molecular formula is C8H16N4S. The molecule has 1 heterocycles. The number of nitrogen functional groups attached to an aromatic ring is 1. The van der Waals surface area contributed by atoms with E-state index in [1.165, 1.54) is 0 Å². The lowest BCUT2D eigenvalue weighted by Crippen LogP contribution is -2.11. The molecule has 0 radical (unpaired) electrons. The first-order chi connectivity index (χ1) is 5.97. The lowest BCUT2D eigenvalue weighted by atomic mass is 10.3. The fraction of sp³-hybridized carbons (Fsp3) is 0.750. The van der Waals surface area contributed by atoms with Gasteiger partial charge in [0.25, 0.3) is 0 Å². The summed E-state index contributed by atoms with van der Waals surface area (Å²) < 4.78 is 2.08. The Morgan fingerprint density at radius 1 is 1.54 bits per heavy atom. The molecule has 0 atom stereocenters. The Kier molecular flexibility index (Phi) is 3.19. The normalized spacial score (nSPS) is 11.9. The van der Waals surface area contributed by atoms with Gasteiger partial charge in [-0.3, -0.25) is 0 Å². The number of hydrogen-bond acceptors (Lipinski definition) is 4. The molecule has 0 unspecified atom stereocenters. The van der Waals surface area contributed by atoms with Crippen molar-refractivity contribution in [1.82, 2.24) is 15.0 Å². The fourth-order valence-corrected chi connectivity index (χ4v) is 1.76. The predicted molar refractivity (Wildman–Crippen MR) is 56.6 cm³/mol. The molecule has 0 spiro atoms. The van der Waals surface area contributed by atoms with Crippen molar-refractivity contribution < 1.29 is 0 Å². The van der Waals surface area contributed by atoms with E-state index in [4.69, 9.17) is 5.73 Å². The lowest BCUT2D eigenvalue weighted by molar-refractivity contribution is 0.630. The summed E-state index contributed by atoms with van der Waals surface area (Å²) in [7, 11) is 0. The van der Waals surface area contributed by atoms with E-state index in [2.05, 4.69) is 31.1 Å². The van der Waals surface area contributed by atoms with Crippen LogP contribution in [0.3, 0.4) is 0 Å². The largest absolute Gasteiger partial charge is 0.381 e. The quantitative estimate of drug-likeness (QED) is 0.801. The van der Waals surface area contributed by atoms with Crippen molar-refractivity contribution in [2.45, 2.75) is 32.1 Å². The average Bonchev–Trinajstić information content (AvgIpc) is 2.33. The third kappa shape index (κ3) is 4.17. The van der Waals surface area contributed by atoms with Gasteiger partial charge in [-0.15, -0.1) is 5.10 Å². The minimum Gasteiger partial charge on any atom is -0.381 e. The minimum absolute atomic E-state index is 0.312. The molecule has 1 aromatic heterocycles. The molecule has 0 saturated heterocycles. The Hall–Kier alpha value is -0.710. The molecule has 1 rings (SSSR count). The van der Waals surface area contributed by atoms with Crippen LogP contribution in [-0.4, -0.2) is 25.5 Å². The maximum atomic E-state index is 5.43. The Labute approximate surface area is 82.9 Å². The van der Waals surface area contributed by atoms with Gasteiger partial charge >= 0.3 is 0 Å². The zero-order valence-corrected chi connectivity index (χ0v) is 9.14. The van der Waals surface area contributed by atoms with Gasteiger partial charge in [0.05, 0.1) is 12.7 Å². The number of thioether (sulfide) groups is 1. The van der Waals surface area contributed by atoms with Gasteiger partial charge in [0.1, 0.15) is 0 Å². The summed E-state index contributed by atoms with van der Waals surface area (Å²) in [5, 5.41) is 7.58. The second kappa shape index (κ2) is 4.00. The summed E-state index contributed by atoms with van der Waals surface area (Å²) in [5.74, 6) is 1.52. The summed E-state index contributed by atoms with van der Waals surface area (Å²) in [6, 6.07) is 0. The molecular weight excluding hydrogens is 184 g/mol. The van der Waals surface area contributed by atoms with Crippen LogP contribution in [0.4, 0.5) is 5.82 Å². The first-order valence-corrected chi connectivity index (χ1v) is 5.25. The summed E-state index contributed by atoms with van der Waals surface area (Å²) in [5.41, 5.74) is 5.43. The molecule has 74 valence electrons. The Morgan fingerprint density at radius 3 is 2.69 bits per heavy atom. The van der Waals surface area contributed by atoms with E-state index >= 15 is 0 Å². The average molecular weight is 200 g/mol. The summed E-state index contributed by atoms with van der Waals surface area (Å²) in [6.45, 7) is 7.47. The second-order valence-electron chi connectivity index (χ2n) is 3.87. The second-order valence-corrected chi connectivity index (χ2v) is 5.79. The Balaban J connectivity index is 2.28. The van der Waals surface area contributed by atoms with Gasteiger partial charge < -0.3 is 5.73 Å². The lowest BCUT2D eigenvalue weighted by Gasteiger charge is -2.16. The number of nitrogens with zero attached hydrogens (tertiary/aromatic N) is 3. The van der Waals surface area contributed by atoms with Gasteiger partial charge in [0.15, 0.2) is 5.82 Å². The van der Waals surface area contributed by atoms with Crippen molar-refractivity contribution in [1.29, 1.82) is 0 Å². The highest BCUT2D eigenvalue weighted by Crippen LogP contribution is 2.22. The van der Waals surface area contributed by atoms with E-state index in [-0.39, 0.29) is 0 Å². The Bertz CT molecular complexity index is 263. The van der Waals surface area contributed by atoms with Crippen LogP contribution in [0.15, 0.2) is 6.20 Å². The van der Waals surface area contributed by atoms with E-state index in [0.29, 0.717) is 10.6 Å². The van der Waals surface area contributed by atoms with Crippen molar-refractivity contribution >= 4 is 17.6 Å². The van der Waals surface area contributed by atoms with Gasteiger partial charge in [-0.05, 0) is 0 Å². The van der Waals surface area contributed by atoms with Crippen LogP contribution in [0.2, 0.25) is 0 Å². The highest BCUT2D eigenvalue weighted by atomic mass is 32.2. The van der Waals surface area contributed by atoms with Crippen molar-refractivity contribution in [2.24, 2.45) is 0 Å². The molecule has 0 aliphatic heterocycles. The number of rotatable bonds is 3. The highest BCUT2D eigenvalue weighted by molar-refractivity contribution is 8.00. The van der Waals surface area contributed by atoms with Crippen molar-refractivity contribution in [2.75, 3.05) is 11.5 Å². The fourth-order valence-electron chi connectivity index (χ4n) is 0.868. The molecule has 0 aromatic carbocycles. The first kappa shape index (κ1) is 10.4. The van der Waals surface area contributed by atoms with Crippen molar-refractivity contribution in [3.8, 4) is 0 Å². The smallest absolute Gasteiger partial charge is 0.165 e. The van der Waals surface area contributed by atoms with Gasteiger partial charge in [-0.2, -0.15) is 11.8 Å². The van der Waals surface area contributed by atoms with E-state index in [1.54, 1.807) is 10.9 Å². The van der Waals surface area contributed by atoms with Crippen LogP contribution in [0, 0.1) is 0 Å². The number of aryl methyl sites for hydroxylation is 1. The van der Waals surface area contributed by atoms with Crippen LogP contribution < -0.4 is 5.73 Å².